The normalized spacial score (nSPS) is 21.3. The van der Waals surface area contributed by atoms with E-state index in [1.165, 1.54) is 5.56 Å². The molecule has 3 heterocycles. The van der Waals surface area contributed by atoms with Crippen molar-refractivity contribution >= 4 is 112 Å². The van der Waals surface area contributed by atoms with Gasteiger partial charge in [-0.05, 0) is 75.5 Å². The van der Waals surface area contributed by atoms with E-state index in [0.29, 0.717) is 15.5 Å². The fraction of sp³-hybridized carbons (Fsp3) is 0.444. The van der Waals surface area contributed by atoms with Crippen molar-refractivity contribution in [2.24, 2.45) is 0 Å². The second kappa shape index (κ2) is 15.6. The molecule has 0 N–H and O–H groups in total. The van der Waals surface area contributed by atoms with Crippen molar-refractivity contribution in [3.8, 4) is 0 Å². The summed E-state index contributed by atoms with van der Waals surface area (Å²) in [5.74, 6) is 0.377. The third-order valence-electron chi connectivity index (χ3n) is 15.4. The zero-order chi connectivity index (χ0) is 46.4. The molecule has 9 heteroatoms. The highest BCUT2D eigenvalue weighted by Gasteiger charge is 2.64. The van der Waals surface area contributed by atoms with Crippen molar-refractivity contribution in [1.82, 2.24) is 0 Å². The van der Waals surface area contributed by atoms with Crippen molar-refractivity contribution in [1.29, 1.82) is 0 Å². The highest BCUT2D eigenvalue weighted by atomic mass is 35.5. The monoisotopic (exact) mass is 990 g/mol. The summed E-state index contributed by atoms with van der Waals surface area (Å²) in [4.78, 5) is 0. The summed E-state index contributed by atoms with van der Waals surface area (Å²) in [6.45, 7) is 48.8. The van der Waals surface area contributed by atoms with Gasteiger partial charge in [0, 0.05) is 71.1 Å². The van der Waals surface area contributed by atoms with Gasteiger partial charge in [0.2, 0.25) is 0 Å². The zero-order valence-corrected chi connectivity index (χ0v) is 50.5. The number of rotatable bonds is 10. The Hall–Kier alpha value is -1.80. The van der Waals surface area contributed by atoms with Gasteiger partial charge in [-0.25, -0.2) is 0 Å². The van der Waals surface area contributed by atoms with Crippen LogP contribution in [0.5, 0.6) is 0 Å². The lowest BCUT2D eigenvalue weighted by atomic mass is 9.70. The molecule has 0 saturated heterocycles. The van der Waals surface area contributed by atoms with E-state index in [1.54, 1.807) is 38.2 Å². The topological polar surface area (TPSA) is 0 Å². The van der Waals surface area contributed by atoms with E-state index in [1.807, 2.05) is 5.19 Å². The highest BCUT2D eigenvalue weighted by Crippen LogP contribution is 2.62. The number of hydrogen-bond acceptors (Lipinski definition) is 0. The molecule has 0 nitrogen and oxygen atoms in total. The SMILES string of the molecule is C[Si](C)(C)C(c1cc(C([Si](C)(C)C)[Si](C)(C)C)c([Si]23c4ccccc4C(c4ccccc42)[C@H]2c4c(c(Cl)c5ccccc5c4Cl)C=C[C@H]23)c(C([Si](C)(C)C)[Si](C)(C)C)c1)[Si](C)(C)C. The third-order valence-corrected chi connectivity index (χ3v) is 49.7. The molecule has 334 valence electrons. The van der Waals surface area contributed by atoms with Gasteiger partial charge in [0.05, 0.1) is 10.0 Å². The minimum atomic E-state index is -3.00. The van der Waals surface area contributed by atoms with E-state index in [0.717, 1.165) is 26.4 Å². The molecule has 5 aromatic carbocycles. The quantitative estimate of drug-likeness (QED) is 0.122. The van der Waals surface area contributed by atoms with Crippen LogP contribution in [0.4, 0.5) is 0 Å². The Morgan fingerprint density at radius 1 is 0.476 bits per heavy atom. The molecule has 0 saturated carbocycles. The Bertz CT molecular complexity index is 2510. The molecule has 9 rings (SSSR count). The Kier molecular flexibility index (Phi) is 11.8. The smallest absolute Gasteiger partial charge is 0.0833 e. The molecule has 0 aromatic heterocycles. The molecule has 3 aliphatic heterocycles. The first-order valence-corrected chi connectivity index (χ1v) is 48.2. The average Bonchev–Trinajstić information content (AvgIpc) is 3.13. The van der Waals surface area contributed by atoms with E-state index < -0.39 is 56.5 Å². The molecule has 0 fully saturated rings. The molecule has 5 aromatic rings. The maximum absolute atomic E-state index is 7.93. The summed E-state index contributed by atoms with van der Waals surface area (Å²) in [6.07, 6.45) is 5.15. The van der Waals surface area contributed by atoms with Crippen LogP contribution in [0.2, 0.25) is 133 Å². The molecular weight excluding hydrogens is 916 g/mol. The Labute approximate surface area is 399 Å². The predicted octanol–water partition coefficient (Wildman–Crippen LogP) is 15.8. The van der Waals surface area contributed by atoms with Gasteiger partial charge in [-0.1, -0.05) is 238 Å². The van der Waals surface area contributed by atoms with Crippen molar-refractivity contribution < 1.29 is 0 Å². The van der Waals surface area contributed by atoms with Gasteiger partial charge in [-0.15, -0.1) is 0 Å². The minimum absolute atomic E-state index is 0.183. The van der Waals surface area contributed by atoms with Crippen LogP contribution in [0.3, 0.4) is 0 Å². The molecule has 0 unspecified atom stereocenters. The second-order valence-corrected chi connectivity index (χ2v) is 64.6. The highest BCUT2D eigenvalue weighted by molar-refractivity contribution is 7.15. The first-order chi connectivity index (χ1) is 28.9. The van der Waals surface area contributed by atoms with Crippen molar-refractivity contribution in [2.45, 2.75) is 151 Å². The average molecular weight is 993 g/mol. The third kappa shape index (κ3) is 7.56. The molecule has 2 atom stereocenters. The number of halogens is 2. The van der Waals surface area contributed by atoms with E-state index in [2.05, 4.69) is 215 Å². The molecule has 4 aliphatic rings. The standard InChI is InChI=1S/C54H76Cl2Si7/c1-57(2,3)52(58(4,5)6)35-33-41(53(59(7,8)9)60(10,11)12)51(42(34-35)54(61(13,14)15)62(16,17)18)63-43-29-23-21-27-38(43)46(39-28-22-24-30-44(39)63)48-45(63)32-31-40-47(48)50(56)37-26-20-19-25-36(37)49(40)55/h19-34,45-46,48,52-54H,1-18H3/t45-,46?,48+,63?/m1/s1. The van der Waals surface area contributed by atoms with Gasteiger partial charge < -0.3 is 0 Å². The Morgan fingerprint density at radius 2 is 0.857 bits per heavy atom. The van der Waals surface area contributed by atoms with E-state index in [9.17, 15) is 0 Å². The minimum Gasteiger partial charge on any atom is -0.0833 e. The second-order valence-electron chi connectivity index (χ2n) is 26.4. The van der Waals surface area contributed by atoms with E-state index in [4.69, 9.17) is 23.2 Å². The lowest BCUT2D eigenvalue weighted by Crippen LogP contribution is -2.79. The summed E-state index contributed by atoms with van der Waals surface area (Å²) in [5, 5.41) is 10.9. The summed E-state index contributed by atoms with van der Waals surface area (Å²) in [7, 11) is -13.7. The Morgan fingerprint density at radius 3 is 1.27 bits per heavy atom. The molecule has 63 heavy (non-hydrogen) atoms. The summed E-state index contributed by atoms with van der Waals surface area (Å²) < 4.78 is 0. The van der Waals surface area contributed by atoms with Crippen molar-refractivity contribution in [2.75, 3.05) is 0 Å². The molecule has 2 bridgehead atoms. The fourth-order valence-corrected chi connectivity index (χ4v) is 61.5. The van der Waals surface area contributed by atoms with E-state index >= 15 is 0 Å². The predicted molar refractivity (Wildman–Crippen MR) is 304 cm³/mol. The fourth-order valence-electron chi connectivity index (χ4n) is 15.5. The summed E-state index contributed by atoms with van der Waals surface area (Å²) in [5.41, 5.74) is 11.1. The van der Waals surface area contributed by atoms with E-state index in [-0.39, 0.29) is 17.4 Å². The molecule has 0 spiro atoms. The number of hydrogen-bond donors (Lipinski definition) is 0. The van der Waals surface area contributed by atoms with Crippen molar-refractivity contribution in [3.05, 3.63) is 140 Å². The van der Waals surface area contributed by atoms with Crippen molar-refractivity contribution in [3.63, 3.8) is 0 Å². The van der Waals surface area contributed by atoms with Gasteiger partial charge in [-0.3, -0.25) is 0 Å². The van der Waals surface area contributed by atoms with Crippen LogP contribution in [-0.2, 0) is 0 Å². The Balaban J connectivity index is 1.68. The van der Waals surface area contributed by atoms with Crippen LogP contribution in [0.15, 0.2) is 91.0 Å². The van der Waals surface area contributed by atoms with Crippen LogP contribution in [0.1, 0.15) is 66.3 Å². The number of benzene rings is 5. The zero-order valence-electron chi connectivity index (χ0n) is 42.0. The van der Waals surface area contributed by atoms with Gasteiger partial charge in [0.15, 0.2) is 8.07 Å². The number of allylic oxidation sites excluding steroid dienone is 1. The van der Waals surface area contributed by atoms with Gasteiger partial charge in [0.1, 0.15) is 0 Å². The van der Waals surface area contributed by atoms with Crippen LogP contribution < -0.4 is 15.6 Å². The van der Waals surface area contributed by atoms with Crippen LogP contribution in [0, 0.1) is 0 Å². The van der Waals surface area contributed by atoms with Crippen LogP contribution >= 0.6 is 23.2 Å². The number of fused-ring (bicyclic) bond motifs is 2. The molecule has 1 aliphatic carbocycles. The lowest BCUT2D eigenvalue weighted by molar-refractivity contribution is 0.581. The largest absolute Gasteiger partial charge is 0.156 e. The first kappa shape index (κ1) is 47.7. The van der Waals surface area contributed by atoms with Gasteiger partial charge in [0.25, 0.3) is 0 Å². The van der Waals surface area contributed by atoms with Crippen LogP contribution in [0.25, 0.3) is 16.8 Å². The maximum Gasteiger partial charge on any atom is 0.156 e. The maximum atomic E-state index is 7.93. The van der Waals surface area contributed by atoms with Crippen LogP contribution in [-0.4, -0.2) is 56.5 Å². The molecule has 0 amide bonds. The summed E-state index contributed by atoms with van der Waals surface area (Å²) >= 11 is 15.5. The molecule has 0 radical (unpaired) electrons. The van der Waals surface area contributed by atoms with Gasteiger partial charge in [-0.2, -0.15) is 0 Å². The summed E-state index contributed by atoms with van der Waals surface area (Å²) in [6, 6.07) is 34.3. The first-order valence-electron chi connectivity index (χ1n) is 23.9. The molecular formula is C54H76Cl2Si7. The lowest BCUT2D eigenvalue weighted by Gasteiger charge is -2.60. The van der Waals surface area contributed by atoms with Gasteiger partial charge >= 0.3 is 0 Å².